The van der Waals surface area contributed by atoms with Crippen molar-refractivity contribution < 1.29 is 8.42 Å². The molecule has 0 aromatic carbocycles. The van der Waals surface area contributed by atoms with E-state index in [0.29, 0.717) is 12.2 Å². The van der Waals surface area contributed by atoms with Crippen LogP contribution in [-0.2, 0) is 10.0 Å². The molecule has 9 heteroatoms. The predicted molar refractivity (Wildman–Crippen MR) is 84.7 cm³/mol. The molecule has 0 unspecified atom stereocenters. The number of aromatic nitrogens is 1. The van der Waals surface area contributed by atoms with Gasteiger partial charge in [-0.2, -0.15) is 5.26 Å². The van der Waals surface area contributed by atoms with E-state index in [2.05, 4.69) is 25.3 Å². The Morgan fingerprint density at radius 1 is 1.50 bits per heavy atom. The molecular weight excluding hydrogens is 304 g/mol. The number of nitrogens with zero attached hydrogens (tertiary/aromatic N) is 3. The highest BCUT2D eigenvalue weighted by molar-refractivity contribution is 7.90. The number of hydrogen-bond acceptors (Lipinski definition) is 6. The molecule has 3 N–H and O–H groups in total. The quantitative estimate of drug-likeness (QED) is 0.311. The van der Waals surface area contributed by atoms with E-state index in [-0.39, 0.29) is 16.9 Å². The number of aliphatic imine (C=N–C) groups is 1. The van der Waals surface area contributed by atoms with Crippen LogP contribution < -0.4 is 15.4 Å². The Balaban J connectivity index is 3.11. The molecule has 0 aliphatic rings. The summed E-state index contributed by atoms with van der Waals surface area (Å²) in [6.45, 7) is 6.15. The lowest BCUT2D eigenvalue weighted by Crippen LogP contribution is -2.39. The van der Waals surface area contributed by atoms with E-state index in [1.807, 2.05) is 6.92 Å². The van der Waals surface area contributed by atoms with E-state index >= 15 is 0 Å². The highest BCUT2D eigenvalue weighted by Crippen LogP contribution is 2.19. The molecule has 8 nitrogen and oxygen atoms in total. The van der Waals surface area contributed by atoms with E-state index in [1.165, 1.54) is 12.4 Å². The van der Waals surface area contributed by atoms with Crippen molar-refractivity contribution in [3.05, 3.63) is 18.5 Å². The Morgan fingerprint density at radius 2 is 2.23 bits per heavy atom. The summed E-state index contributed by atoms with van der Waals surface area (Å²) >= 11 is 0. The summed E-state index contributed by atoms with van der Waals surface area (Å²) < 4.78 is 27.2. The average Bonchev–Trinajstić information content (AvgIpc) is 2.44. The van der Waals surface area contributed by atoms with Crippen LogP contribution in [0.2, 0.25) is 0 Å². The summed E-state index contributed by atoms with van der Waals surface area (Å²) in [5.74, 6) is -0.122. The molecule has 120 valence electrons. The summed E-state index contributed by atoms with van der Waals surface area (Å²) in [5, 5.41) is 13.9. The van der Waals surface area contributed by atoms with E-state index in [1.54, 1.807) is 26.1 Å². The third kappa shape index (κ3) is 5.21. The summed E-state index contributed by atoms with van der Waals surface area (Å²) in [4.78, 5) is 7.87. The third-order valence-electron chi connectivity index (χ3n) is 2.43. The average molecular weight is 324 g/mol. The molecule has 0 radical (unpaired) electrons. The first-order valence-corrected chi connectivity index (χ1v) is 8.32. The second-order valence-corrected chi connectivity index (χ2v) is 6.36. The van der Waals surface area contributed by atoms with Gasteiger partial charge in [0.25, 0.3) is 10.0 Å². The lowest BCUT2D eigenvalue weighted by molar-refractivity contribution is 0.591. The maximum absolute atomic E-state index is 12.5. The largest absolute Gasteiger partial charge is 0.384 e. The van der Waals surface area contributed by atoms with Gasteiger partial charge in [0.1, 0.15) is 4.90 Å². The van der Waals surface area contributed by atoms with E-state index in [4.69, 9.17) is 5.26 Å². The summed E-state index contributed by atoms with van der Waals surface area (Å²) in [6.07, 6.45) is 5.27. The SMILES string of the molecule is CCCNc1ccncc1S(=O)(=O)NC(=NC(C)C)NC#N. The third-order valence-corrected chi connectivity index (χ3v) is 3.80. The number of anilines is 1. The van der Waals surface area contributed by atoms with Gasteiger partial charge in [-0.3, -0.25) is 10.3 Å². The van der Waals surface area contributed by atoms with Crippen LogP contribution in [0.3, 0.4) is 0 Å². The van der Waals surface area contributed by atoms with Gasteiger partial charge in [-0.25, -0.2) is 18.1 Å². The predicted octanol–water partition coefficient (Wildman–Crippen LogP) is 1.02. The van der Waals surface area contributed by atoms with Gasteiger partial charge in [0, 0.05) is 25.0 Å². The molecule has 0 fully saturated rings. The summed E-state index contributed by atoms with van der Waals surface area (Å²) in [6, 6.07) is 1.41. The molecule has 1 rings (SSSR count). The van der Waals surface area contributed by atoms with Gasteiger partial charge in [-0.1, -0.05) is 6.92 Å². The molecule has 0 bridgehead atoms. The zero-order valence-electron chi connectivity index (χ0n) is 12.8. The van der Waals surface area contributed by atoms with Crippen LogP contribution >= 0.6 is 0 Å². The zero-order chi connectivity index (χ0) is 16.6. The first kappa shape index (κ1) is 17.7. The van der Waals surface area contributed by atoms with Gasteiger partial charge >= 0.3 is 0 Å². The molecule has 22 heavy (non-hydrogen) atoms. The van der Waals surface area contributed by atoms with Crippen molar-refractivity contribution in [3.8, 4) is 6.19 Å². The van der Waals surface area contributed by atoms with Crippen molar-refractivity contribution in [1.29, 1.82) is 5.26 Å². The Labute approximate surface area is 130 Å². The van der Waals surface area contributed by atoms with Crippen molar-refractivity contribution >= 4 is 21.7 Å². The first-order valence-electron chi connectivity index (χ1n) is 6.84. The van der Waals surface area contributed by atoms with E-state index in [9.17, 15) is 8.42 Å². The number of sulfonamides is 1. The Bertz CT molecular complexity index is 663. The number of nitrogens with one attached hydrogen (secondary N) is 3. The molecule has 0 aliphatic heterocycles. The minimum Gasteiger partial charge on any atom is -0.384 e. The van der Waals surface area contributed by atoms with Crippen LogP contribution in [-0.4, -0.2) is 31.9 Å². The molecule has 0 aliphatic carbocycles. The van der Waals surface area contributed by atoms with Crippen molar-refractivity contribution in [2.75, 3.05) is 11.9 Å². The Kier molecular flexibility index (Phi) is 6.59. The summed E-state index contributed by atoms with van der Waals surface area (Å²) in [5.41, 5.74) is 0.449. The fourth-order valence-corrected chi connectivity index (χ4v) is 2.67. The topological polar surface area (TPSA) is 119 Å². The number of nitriles is 1. The van der Waals surface area contributed by atoms with Crippen molar-refractivity contribution in [1.82, 2.24) is 15.0 Å². The minimum absolute atomic E-state index is 0.000328. The van der Waals surface area contributed by atoms with Gasteiger partial charge in [0.15, 0.2) is 6.19 Å². The highest BCUT2D eigenvalue weighted by Gasteiger charge is 2.20. The first-order chi connectivity index (χ1) is 10.4. The zero-order valence-corrected chi connectivity index (χ0v) is 13.6. The van der Waals surface area contributed by atoms with Gasteiger partial charge in [-0.05, 0) is 26.3 Å². The molecule has 1 aromatic rings. The molecule has 1 heterocycles. The van der Waals surface area contributed by atoms with Crippen LogP contribution in [0.5, 0.6) is 0 Å². The number of pyridine rings is 1. The Morgan fingerprint density at radius 3 is 2.82 bits per heavy atom. The smallest absolute Gasteiger partial charge is 0.267 e. The Hall–Kier alpha value is -2.34. The molecule has 0 amide bonds. The molecule has 0 saturated carbocycles. The lowest BCUT2D eigenvalue weighted by Gasteiger charge is -2.14. The van der Waals surface area contributed by atoms with Crippen molar-refractivity contribution in [2.24, 2.45) is 4.99 Å². The van der Waals surface area contributed by atoms with Crippen molar-refractivity contribution in [2.45, 2.75) is 38.1 Å². The number of rotatable bonds is 6. The minimum atomic E-state index is -3.91. The normalized spacial score (nSPS) is 11.9. The fraction of sp³-hybridized carbons (Fsp3) is 0.462. The molecule has 0 saturated heterocycles. The maximum atomic E-state index is 12.5. The van der Waals surface area contributed by atoms with E-state index < -0.39 is 10.0 Å². The molecule has 0 atom stereocenters. The van der Waals surface area contributed by atoms with Crippen LogP contribution in [0.1, 0.15) is 27.2 Å². The van der Waals surface area contributed by atoms with E-state index in [0.717, 1.165) is 6.42 Å². The van der Waals surface area contributed by atoms with Gasteiger partial charge in [0.2, 0.25) is 5.96 Å². The van der Waals surface area contributed by atoms with Crippen molar-refractivity contribution in [3.63, 3.8) is 0 Å². The van der Waals surface area contributed by atoms with Crippen LogP contribution in [0.15, 0.2) is 28.3 Å². The molecule has 0 spiro atoms. The standard InChI is InChI=1S/C13H20N6O2S/c1-4-6-16-11-5-7-15-8-12(11)22(20,21)19-13(17-9-14)18-10(2)3/h5,7-8,10H,4,6H2,1-3H3,(H,15,16)(H2,17,18,19). The second kappa shape index (κ2) is 8.19. The second-order valence-electron chi connectivity index (χ2n) is 4.71. The molecule has 1 aromatic heterocycles. The van der Waals surface area contributed by atoms with Gasteiger partial charge in [-0.15, -0.1) is 0 Å². The van der Waals surface area contributed by atoms with Gasteiger partial charge < -0.3 is 5.32 Å². The number of guanidine groups is 1. The highest BCUT2D eigenvalue weighted by atomic mass is 32.2. The van der Waals surface area contributed by atoms with Crippen LogP contribution in [0.4, 0.5) is 5.69 Å². The number of hydrogen-bond donors (Lipinski definition) is 3. The van der Waals surface area contributed by atoms with Gasteiger partial charge in [0.05, 0.1) is 5.69 Å². The maximum Gasteiger partial charge on any atom is 0.267 e. The monoisotopic (exact) mass is 324 g/mol. The lowest BCUT2D eigenvalue weighted by atomic mass is 10.4. The van der Waals surface area contributed by atoms with Crippen LogP contribution in [0, 0.1) is 11.5 Å². The van der Waals surface area contributed by atoms with Crippen LogP contribution in [0.25, 0.3) is 0 Å². The molecular formula is C13H20N6O2S. The fourth-order valence-electron chi connectivity index (χ4n) is 1.58. The summed E-state index contributed by atoms with van der Waals surface area (Å²) in [7, 11) is -3.91.